The van der Waals surface area contributed by atoms with E-state index >= 15 is 0 Å². The summed E-state index contributed by atoms with van der Waals surface area (Å²) in [5.74, 6) is 1.33. The van der Waals surface area contributed by atoms with Crippen LogP contribution < -0.4 is 24.4 Å². The van der Waals surface area contributed by atoms with Crippen molar-refractivity contribution in [3.05, 3.63) is 102 Å². The molecule has 2 aromatic heterocycles. The molecule has 0 saturated heterocycles. The van der Waals surface area contributed by atoms with Crippen molar-refractivity contribution in [3.63, 3.8) is 0 Å². The number of carbonyl (C=O) groups excluding carboxylic acids is 1. The van der Waals surface area contributed by atoms with E-state index < -0.39 is 12.0 Å². The van der Waals surface area contributed by atoms with E-state index in [9.17, 15) is 14.5 Å². The molecular weight excluding hydrogens is 550 g/mol. The SMILES string of the molecule is CCOC(=O)C1=C(C)N=c2s/c(=C/c3ccc(-c4ccc([N+](=O)O)cc4)o3)c(=O)n2C1c1cc(OC)ccc1OC. The molecule has 1 unspecified atom stereocenters. The zero-order valence-electron chi connectivity index (χ0n) is 22.6. The molecule has 11 nitrogen and oxygen atoms in total. The molecule has 12 heteroatoms. The van der Waals surface area contributed by atoms with E-state index in [1.807, 2.05) is 0 Å². The van der Waals surface area contributed by atoms with Gasteiger partial charge in [-0.3, -0.25) is 9.36 Å². The fourth-order valence-corrected chi connectivity index (χ4v) is 5.63. The summed E-state index contributed by atoms with van der Waals surface area (Å²) in [4.78, 5) is 42.9. The summed E-state index contributed by atoms with van der Waals surface area (Å²) in [7, 11) is 3.04. The molecule has 3 heterocycles. The first kappa shape index (κ1) is 27.6. The zero-order valence-corrected chi connectivity index (χ0v) is 23.4. The van der Waals surface area contributed by atoms with Crippen molar-refractivity contribution in [1.29, 1.82) is 0 Å². The Morgan fingerprint density at radius 1 is 1.15 bits per heavy atom. The molecule has 0 amide bonds. The molecule has 0 fully saturated rings. The van der Waals surface area contributed by atoms with E-state index in [0.29, 0.717) is 49.2 Å². The third kappa shape index (κ3) is 5.16. The second-order valence-electron chi connectivity index (χ2n) is 8.93. The number of esters is 1. The summed E-state index contributed by atoms with van der Waals surface area (Å²) in [5.41, 5.74) is 1.58. The molecule has 1 aliphatic rings. The Bertz CT molecular complexity index is 1860. The molecule has 0 radical (unpaired) electrons. The fraction of sp³-hybridized carbons (Fsp3) is 0.207. The number of thiazole rings is 1. The van der Waals surface area contributed by atoms with Crippen LogP contribution in [0.15, 0.2) is 80.1 Å². The average molecular weight is 577 g/mol. The molecule has 0 aliphatic carbocycles. The maximum absolute atomic E-state index is 13.9. The van der Waals surface area contributed by atoms with Gasteiger partial charge in [0.1, 0.15) is 29.1 Å². The number of carbonyl (C=O) groups is 1. The topological polar surface area (TPSA) is 133 Å². The smallest absolute Gasteiger partial charge is 0.338 e. The summed E-state index contributed by atoms with van der Waals surface area (Å²) < 4.78 is 24.1. The van der Waals surface area contributed by atoms with Crippen LogP contribution in [-0.2, 0) is 9.53 Å². The average Bonchev–Trinajstić information content (AvgIpc) is 3.56. The van der Waals surface area contributed by atoms with Crippen LogP contribution in [0.5, 0.6) is 11.5 Å². The van der Waals surface area contributed by atoms with E-state index in [2.05, 4.69) is 4.99 Å². The van der Waals surface area contributed by atoms with Crippen molar-refractivity contribution in [2.24, 2.45) is 4.99 Å². The minimum Gasteiger partial charge on any atom is -0.497 e. The molecule has 2 aromatic carbocycles. The van der Waals surface area contributed by atoms with Crippen molar-refractivity contribution >= 4 is 29.1 Å². The predicted molar refractivity (Wildman–Crippen MR) is 149 cm³/mol. The van der Waals surface area contributed by atoms with Gasteiger partial charge in [-0.1, -0.05) is 11.3 Å². The van der Waals surface area contributed by atoms with Gasteiger partial charge in [0.2, 0.25) is 0 Å². The van der Waals surface area contributed by atoms with Gasteiger partial charge in [0, 0.05) is 29.3 Å². The van der Waals surface area contributed by atoms with Crippen LogP contribution in [0.25, 0.3) is 17.4 Å². The number of benzene rings is 2. The third-order valence-electron chi connectivity index (χ3n) is 6.52. The zero-order chi connectivity index (χ0) is 29.3. The lowest BCUT2D eigenvalue weighted by atomic mass is 9.95. The Balaban J connectivity index is 1.64. The minimum absolute atomic E-state index is 0.0846. The molecule has 1 aliphatic heterocycles. The first-order chi connectivity index (χ1) is 19.7. The van der Waals surface area contributed by atoms with Crippen LogP contribution in [0.2, 0.25) is 0 Å². The van der Waals surface area contributed by atoms with Gasteiger partial charge in [-0.25, -0.2) is 15.0 Å². The first-order valence-electron chi connectivity index (χ1n) is 12.5. The largest absolute Gasteiger partial charge is 0.497 e. The molecule has 210 valence electrons. The lowest BCUT2D eigenvalue weighted by Crippen LogP contribution is -2.40. The second-order valence-corrected chi connectivity index (χ2v) is 9.94. The third-order valence-corrected chi connectivity index (χ3v) is 7.50. The quantitative estimate of drug-likeness (QED) is 0.247. The van der Waals surface area contributed by atoms with E-state index in [1.165, 1.54) is 30.9 Å². The summed E-state index contributed by atoms with van der Waals surface area (Å²) in [6.45, 7) is 3.57. The number of ether oxygens (including phenoxy) is 3. The van der Waals surface area contributed by atoms with Crippen molar-refractivity contribution < 1.29 is 33.6 Å². The molecule has 41 heavy (non-hydrogen) atoms. The Morgan fingerprint density at radius 2 is 1.90 bits per heavy atom. The molecule has 0 spiro atoms. The number of fused-ring (bicyclic) bond motifs is 1. The highest BCUT2D eigenvalue weighted by molar-refractivity contribution is 7.07. The highest BCUT2D eigenvalue weighted by Gasteiger charge is 2.35. The van der Waals surface area contributed by atoms with Crippen LogP contribution in [0.3, 0.4) is 0 Å². The van der Waals surface area contributed by atoms with E-state index in [4.69, 9.17) is 23.8 Å². The van der Waals surface area contributed by atoms with Crippen LogP contribution in [-0.4, -0.2) is 41.5 Å². The van der Waals surface area contributed by atoms with Crippen LogP contribution in [0, 0.1) is 4.91 Å². The first-order valence-corrected chi connectivity index (χ1v) is 13.3. The molecule has 0 bridgehead atoms. The molecule has 5 rings (SSSR count). The van der Waals surface area contributed by atoms with Crippen molar-refractivity contribution in [2.75, 3.05) is 20.8 Å². The molecule has 1 N–H and O–H groups in total. The van der Waals surface area contributed by atoms with Gasteiger partial charge < -0.3 is 18.6 Å². The summed E-state index contributed by atoms with van der Waals surface area (Å²) in [5, 5.41) is 9.05. The van der Waals surface area contributed by atoms with Gasteiger partial charge in [-0.05, 0) is 56.3 Å². The van der Waals surface area contributed by atoms with Crippen LogP contribution in [0.1, 0.15) is 31.2 Å². The standard InChI is InChI=1S/C29H26N3O8S/c1-5-39-28(34)25-16(2)30-29-31(26(25)21-14-19(37-3)10-13-23(21)38-4)27(33)24(41-29)15-20-11-12-22(40-20)17-6-8-18(9-7-17)32(35)36/h6-15,26H,5H2,1-4H3,(H,35,36)/q+1/b24-15+. The predicted octanol–water partition coefficient (Wildman–Crippen LogP) is 3.88. The van der Waals surface area contributed by atoms with Gasteiger partial charge in [-0.2, -0.15) is 0 Å². The maximum atomic E-state index is 13.9. The highest BCUT2D eigenvalue weighted by Crippen LogP contribution is 2.37. The lowest BCUT2D eigenvalue weighted by molar-refractivity contribution is -0.729. The minimum atomic E-state index is -0.879. The number of allylic oxidation sites excluding steroid dienone is 1. The monoisotopic (exact) mass is 576 g/mol. The van der Waals surface area contributed by atoms with E-state index in [0.717, 1.165) is 11.3 Å². The Hall–Kier alpha value is -4.97. The normalized spacial score (nSPS) is 14.8. The number of hydrogen-bond acceptors (Lipinski definition) is 9. The van der Waals surface area contributed by atoms with E-state index in [1.54, 1.807) is 62.4 Å². The van der Waals surface area contributed by atoms with Gasteiger partial charge in [0.25, 0.3) is 10.5 Å². The molecule has 1 atom stereocenters. The van der Waals surface area contributed by atoms with Crippen LogP contribution in [0.4, 0.5) is 5.69 Å². The fourth-order valence-electron chi connectivity index (χ4n) is 4.61. The number of methoxy groups -OCH3 is 2. The number of aromatic nitrogens is 1. The number of rotatable bonds is 8. The highest BCUT2D eigenvalue weighted by atomic mass is 32.1. The van der Waals surface area contributed by atoms with Crippen molar-refractivity contribution in [1.82, 2.24) is 4.57 Å². The maximum Gasteiger partial charge on any atom is 0.338 e. The van der Waals surface area contributed by atoms with Crippen molar-refractivity contribution in [2.45, 2.75) is 19.9 Å². The van der Waals surface area contributed by atoms with Crippen molar-refractivity contribution in [3.8, 4) is 22.8 Å². The van der Waals surface area contributed by atoms with Gasteiger partial charge in [0.05, 0.1) is 41.5 Å². The number of furan rings is 1. The molecule has 0 saturated carbocycles. The van der Waals surface area contributed by atoms with Gasteiger partial charge in [0.15, 0.2) is 4.80 Å². The van der Waals surface area contributed by atoms with Crippen LogP contribution >= 0.6 is 11.3 Å². The summed E-state index contributed by atoms with van der Waals surface area (Å²) in [6.07, 6.45) is 1.61. The second kappa shape index (κ2) is 11.3. The lowest BCUT2D eigenvalue weighted by Gasteiger charge is -2.26. The van der Waals surface area contributed by atoms with Gasteiger partial charge >= 0.3 is 11.7 Å². The summed E-state index contributed by atoms with van der Waals surface area (Å²) >= 11 is 1.16. The molecular formula is C29H26N3O8S+. The molecule has 4 aromatic rings. The summed E-state index contributed by atoms with van der Waals surface area (Å²) in [6, 6.07) is 13.9. The Morgan fingerprint density at radius 3 is 2.56 bits per heavy atom. The van der Waals surface area contributed by atoms with Gasteiger partial charge in [-0.15, -0.1) is 0 Å². The van der Waals surface area contributed by atoms with E-state index in [-0.39, 0.29) is 28.3 Å². The number of nitrogens with zero attached hydrogens (tertiary/aromatic N) is 3. The number of hydrogen-bond donors (Lipinski definition) is 1. The Labute approximate surface area is 237 Å². The Kier molecular flexibility index (Phi) is 7.58.